The highest BCUT2D eigenvalue weighted by atomic mass is 35.5. The summed E-state index contributed by atoms with van der Waals surface area (Å²) in [5.74, 6) is -1.07. The van der Waals surface area contributed by atoms with Gasteiger partial charge in [-0.05, 0) is 30.7 Å². The Kier molecular flexibility index (Phi) is 3.76. The second-order valence-corrected chi connectivity index (χ2v) is 4.75. The molecule has 0 spiro atoms. The Morgan fingerprint density at radius 3 is 2.75 bits per heavy atom. The van der Waals surface area contributed by atoms with E-state index in [1.54, 1.807) is 25.3 Å². The Morgan fingerprint density at radius 1 is 1.45 bits per heavy atom. The zero-order valence-corrected chi connectivity index (χ0v) is 11.3. The first kappa shape index (κ1) is 14.1. The van der Waals surface area contributed by atoms with Crippen molar-refractivity contribution < 1.29 is 14.8 Å². The van der Waals surface area contributed by atoms with Gasteiger partial charge in [0.2, 0.25) is 0 Å². The number of hydrogen-bond donors (Lipinski definition) is 1. The predicted molar refractivity (Wildman–Crippen MR) is 73.3 cm³/mol. The van der Waals surface area contributed by atoms with E-state index in [1.807, 2.05) is 0 Å². The molecule has 104 valence electrons. The number of aromatic nitrogens is 1. The van der Waals surface area contributed by atoms with Crippen LogP contribution in [-0.4, -0.2) is 20.6 Å². The fourth-order valence-electron chi connectivity index (χ4n) is 2.03. The van der Waals surface area contributed by atoms with Crippen molar-refractivity contribution in [2.75, 3.05) is 0 Å². The zero-order valence-electron chi connectivity index (χ0n) is 10.5. The lowest BCUT2D eigenvalue weighted by Crippen LogP contribution is -2.11. The van der Waals surface area contributed by atoms with Gasteiger partial charge in [0.25, 0.3) is 5.69 Å². The molecule has 0 unspecified atom stereocenters. The van der Waals surface area contributed by atoms with E-state index >= 15 is 0 Å². The molecule has 0 atom stereocenters. The number of nitro benzene ring substituents is 1. The normalized spacial score (nSPS) is 10.5. The SMILES string of the molecule is Cc1ccn(Cc2ccc(Cl)cc2[N+](=O)[O-])c1C(=O)O. The largest absolute Gasteiger partial charge is 0.477 e. The highest BCUT2D eigenvalue weighted by molar-refractivity contribution is 6.30. The first-order valence-corrected chi connectivity index (χ1v) is 6.10. The maximum absolute atomic E-state index is 11.2. The lowest BCUT2D eigenvalue weighted by molar-refractivity contribution is -0.385. The molecule has 6 nitrogen and oxygen atoms in total. The van der Waals surface area contributed by atoms with E-state index in [9.17, 15) is 14.9 Å². The van der Waals surface area contributed by atoms with Gasteiger partial charge in [0.1, 0.15) is 5.69 Å². The maximum atomic E-state index is 11.2. The molecule has 1 aromatic carbocycles. The molecule has 0 aliphatic rings. The highest BCUT2D eigenvalue weighted by Gasteiger charge is 2.18. The Labute approximate surface area is 119 Å². The van der Waals surface area contributed by atoms with Gasteiger partial charge in [-0.2, -0.15) is 0 Å². The van der Waals surface area contributed by atoms with Crippen LogP contribution in [0.2, 0.25) is 5.02 Å². The van der Waals surface area contributed by atoms with Gasteiger partial charge in [-0.15, -0.1) is 0 Å². The summed E-state index contributed by atoms with van der Waals surface area (Å²) in [5, 5.41) is 20.4. The van der Waals surface area contributed by atoms with Crippen LogP contribution >= 0.6 is 11.6 Å². The van der Waals surface area contributed by atoms with Gasteiger partial charge in [0, 0.05) is 22.8 Å². The van der Waals surface area contributed by atoms with E-state index < -0.39 is 10.9 Å². The van der Waals surface area contributed by atoms with Gasteiger partial charge in [-0.25, -0.2) is 4.79 Å². The summed E-state index contributed by atoms with van der Waals surface area (Å²) in [7, 11) is 0. The van der Waals surface area contributed by atoms with Gasteiger partial charge in [0.15, 0.2) is 0 Å². The van der Waals surface area contributed by atoms with Crippen LogP contribution in [0, 0.1) is 17.0 Å². The number of aryl methyl sites for hydroxylation is 1. The second kappa shape index (κ2) is 5.34. The molecule has 0 saturated carbocycles. The lowest BCUT2D eigenvalue weighted by atomic mass is 10.1. The van der Waals surface area contributed by atoms with Crippen LogP contribution < -0.4 is 0 Å². The van der Waals surface area contributed by atoms with E-state index in [0.717, 1.165) is 0 Å². The van der Waals surface area contributed by atoms with Crippen molar-refractivity contribution >= 4 is 23.3 Å². The molecule has 1 aromatic heterocycles. The van der Waals surface area contributed by atoms with E-state index in [1.165, 1.54) is 16.7 Å². The molecule has 2 rings (SSSR count). The number of nitro groups is 1. The van der Waals surface area contributed by atoms with E-state index in [2.05, 4.69) is 0 Å². The molecule has 0 saturated heterocycles. The number of hydrogen-bond acceptors (Lipinski definition) is 3. The fourth-order valence-corrected chi connectivity index (χ4v) is 2.20. The second-order valence-electron chi connectivity index (χ2n) is 4.31. The fraction of sp³-hybridized carbons (Fsp3) is 0.154. The Bertz CT molecular complexity index is 694. The van der Waals surface area contributed by atoms with Crippen LogP contribution in [0.25, 0.3) is 0 Å². The van der Waals surface area contributed by atoms with Crippen LogP contribution in [0.3, 0.4) is 0 Å². The van der Waals surface area contributed by atoms with Gasteiger partial charge >= 0.3 is 5.97 Å². The minimum Gasteiger partial charge on any atom is -0.477 e. The monoisotopic (exact) mass is 294 g/mol. The molecule has 0 aliphatic carbocycles. The van der Waals surface area contributed by atoms with Crippen molar-refractivity contribution in [2.45, 2.75) is 13.5 Å². The third-order valence-electron chi connectivity index (χ3n) is 2.95. The first-order valence-electron chi connectivity index (χ1n) is 5.72. The highest BCUT2D eigenvalue weighted by Crippen LogP contribution is 2.25. The van der Waals surface area contributed by atoms with Gasteiger partial charge in [0.05, 0.1) is 11.5 Å². The van der Waals surface area contributed by atoms with E-state index in [-0.39, 0.29) is 22.9 Å². The lowest BCUT2D eigenvalue weighted by Gasteiger charge is -2.08. The molecule has 0 radical (unpaired) electrons. The molecular weight excluding hydrogens is 284 g/mol. The molecule has 1 heterocycles. The number of carbonyl (C=O) groups is 1. The van der Waals surface area contributed by atoms with Crippen LogP contribution in [-0.2, 0) is 6.54 Å². The average Bonchev–Trinajstić information content (AvgIpc) is 2.72. The number of aromatic carboxylic acids is 1. The van der Waals surface area contributed by atoms with Gasteiger partial charge < -0.3 is 9.67 Å². The summed E-state index contributed by atoms with van der Waals surface area (Å²) in [6, 6.07) is 5.99. The minimum absolute atomic E-state index is 0.100. The Balaban J connectivity index is 2.45. The number of nitrogens with zero attached hydrogens (tertiary/aromatic N) is 2. The molecule has 1 N–H and O–H groups in total. The molecule has 20 heavy (non-hydrogen) atoms. The maximum Gasteiger partial charge on any atom is 0.352 e. The minimum atomic E-state index is -1.07. The standard InChI is InChI=1S/C13H11ClN2O4/c1-8-4-5-15(12(8)13(17)18)7-9-2-3-10(14)6-11(9)16(19)20/h2-6H,7H2,1H3,(H,17,18). The van der Waals surface area contributed by atoms with Gasteiger partial charge in [-0.3, -0.25) is 10.1 Å². The van der Waals surface area contributed by atoms with Crippen LogP contribution in [0.5, 0.6) is 0 Å². The molecule has 0 aliphatic heterocycles. The topological polar surface area (TPSA) is 85.4 Å². The quantitative estimate of drug-likeness (QED) is 0.693. The summed E-state index contributed by atoms with van der Waals surface area (Å²) in [6.45, 7) is 1.78. The summed E-state index contributed by atoms with van der Waals surface area (Å²) >= 11 is 5.74. The molecular formula is C13H11ClN2O4. The molecule has 0 bridgehead atoms. The number of rotatable bonds is 4. The van der Waals surface area contributed by atoms with Crippen molar-refractivity contribution in [2.24, 2.45) is 0 Å². The Morgan fingerprint density at radius 2 is 2.15 bits per heavy atom. The van der Waals surface area contributed by atoms with E-state index in [4.69, 9.17) is 16.7 Å². The number of carboxylic acid groups (broad SMARTS) is 1. The van der Waals surface area contributed by atoms with Crippen LogP contribution in [0.4, 0.5) is 5.69 Å². The first-order chi connectivity index (χ1) is 9.40. The van der Waals surface area contributed by atoms with Gasteiger partial charge in [-0.1, -0.05) is 11.6 Å². The van der Waals surface area contributed by atoms with Crippen molar-refractivity contribution in [3.05, 3.63) is 62.4 Å². The van der Waals surface area contributed by atoms with Crippen molar-refractivity contribution in [3.63, 3.8) is 0 Å². The summed E-state index contributed by atoms with van der Waals surface area (Å²) < 4.78 is 1.47. The molecule has 0 fully saturated rings. The average molecular weight is 295 g/mol. The van der Waals surface area contributed by atoms with Crippen molar-refractivity contribution in [3.8, 4) is 0 Å². The van der Waals surface area contributed by atoms with E-state index in [0.29, 0.717) is 11.1 Å². The molecule has 0 amide bonds. The van der Waals surface area contributed by atoms with Crippen LogP contribution in [0.1, 0.15) is 21.6 Å². The Hall–Kier alpha value is -2.34. The third-order valence-corrected chi connectivity index (χ3v) is 3.19. The number of carboxylic acids is 1. The number of benzene rings is 1. The van der Waals surface area contributed by atoms with Crippen LogP contribution in [0.15, 0.2) is 30.5 Å². The van der Waals surface area contributed by atoms with Crippen molar-refractivity contribution in [1.82, 2.24) is 4.57 Å². The summed E-state index contributed by atoms with van der Waals surface area (Å²) in [4.78, 5) is 21.7. The smallest absolute Gasteiger partial charge is 0.352 e. The zero-order chi connectivity index (χ0) is 14.9. The summed E-state index contributed by atoms with van der Waals surface area (Å²) in [5.41, 5.74) is 1.00. The van der Waals surface area contributed by atoms with Crippen molar-refractivity contribution in [1.29, 1.82) is 0 Å². The molecule has 7 heteroatoms. The summed E-state index contributed by atoms with van der Waals surface area (Å²) in [6.07, 6.45) is 1.59. The predicted octanol–water partition coefficient (Wildman–Crippen LogP) is 3.10. The molecule has 2 aromatic rings. The number of halogens is 1. The third kappa shape index (κ3) is 2.65.